The van der Waals surface area contributed by atoms with Crippen LogP contribution in [0.2, 0.25) is 0 Å². The molecule has 0 bridgehead atoms. The van der Waals surface area contributed by atoms with Crippen LogP contribution in [0, 0.1) is 11.8 Å². The molecule has 2 atom stereocenters. The summed E-state index contributed by atoms with van der Waals surface area (Å²) in [7, 11) is 1.54. The molecule has 0 spiro atoms. The van der Waals surface area contributed by atoms with Gasteiger partial charge in [-0.1, -0.05) is 26.0 Å². The maximum absolute atomic E-state index is 12.6. The first-order valence-electron chi connectivity index (χ1n) is 9.32. The van der Waals surface area contributed by atoms with Gasteiger partial charge >= 0.3 is 11.9 Å². The standard InChI is InChI=1S/C21H31NO6/c1-13(2)11-17(20(26)28-21(3,4)5)22-18(23)16(19(24)25)12-14-7-9-15(27-6)10-8-14/h7-10,13,16-17H,11-12H2,1-6H3,(H,22,23)(H,24,25)/t16?,17-/m0/s1. The number of hydrogen-bond acceptors (Lipinski definition) is 5. The number of benzene rings is 1. The number of rotatable bonds is 9. The number of aliphatic carboxylic acids is 1. The molecule has 1 aromatic rings. The Labute approximate surface area is 166 Å². The highest BCUT2D eigenvalue weighted by molar-refractivity contribution is 5.98. The van der Waals surface area contributed by atoms with Gasteiger partial charge in [0.1, 0.15) is 23.3 Å². The molecule has 0 fully saturated rings. The third-order valence-electron chi connectivity index (χ3n) is 3.93. The summed E-state index contributed by atoms with van der Waals surface area (Å²) in [6.45, 7) is 9.04. The van der Waals surface area contributed by atoms with Gasteiger partial charge in [-0.05, 0) is 57.2 Å². The lowest BCUT2D eigenvalue weighted by atomic mass is 9.97. The van der Waals surface area contributed by atoms with Crippen molar-refractivity contribution < 1.29 is 29.0 Å². The normalized spacial score (nSPS) is 13.5. The zero-order valence-electron chi connectivity index (χ0n) is 17.4. The summed E-state index contributed by atoms with van der Waals surface area (Å²) in [5.74, 6) is -3.08. The van der Waals surface area contributed by atoms with E-state index < -0.39 is 35.4 Å². The molecule has 1 aromatic carbocycles. The number of carbonyl (C=O) groups excluding carboxylic acids is 2. The number of hydrogen-bond donors (Lipinski definition) is 2. The van der Waals surface area contributed by atoms with E-state index in [0.717, 1.165) is 0 Å². The van der Waals surface area contributed by atoms with E-state index in [2.05, 4.69) is 5.32 Å². The van der Waals surface area contributed by atoms with Gasteiger partial charge in [-0.15, -0.1) is 0 Å². The van der Waals surface area contributed by atoms with Crippen molar-refractivity contribution in [2.45, 2.75) is 59.1 Å². The summed E-state index contributed by atoms with van der Waals surface area (Å²) in [4.78, 5) is 36.8. The second-order valence-electron chi connectivity index (χ2n) is 8.17. The van der Waals surface area contributed by atoms with Crippen LogP contribution >= 0.6 is 0 Å². The monoisotopic (exact) mass is 393 g/mol. The number of amides is 1. The van der Waals surface area contributed by atoms with Crippen LogP contribution < -0.4 is 10.1 Å². The Morgan fingerprint density at radius 2 is 1.68 bits per heavy atom. The van der Waals surface area contributed by atoms with E-state index in [0.29, 0.717) is 17.7 Å². The lowest BCUT2D eigenvalue weighted by molar-refractivity contribution is -0.160. The van der Waals surface area contributed by atoms with E-state index in [4.69, 9.17) is 9.47 Å². The molecule has 0 saturated heterocycles. The van der Waals surface area contributed by atoms with E-state index in [9.17, 15) is 19.5 Å². The molecule has 0 aliphatic heterocycles. The minimum absolute atomic E-state index is 0.00782. The average Bonchev–Trinajstić information content (AvgIpc) is 2.57. The average molecular weight is 393 g/mol. The Hall–Kier alpha value is -2.57. The quantitative estimate of drug-likeness (QED) is 0.494. The fraction of sp³-hybridized carbons (Fsp3) is 0.571. The van der Waals surface area contributed by atoms with Crippen LogP contribution in [0.3, 0.4) is 0 Å². The predicted molar refractivity (Wildman–Crippen MR) is 105 cm³/mol. The van der Waals surface area contributed by atoms with E-state index in [1.807, 2.05) is 13.8 Å². The van der Waals surface area contributed by atoms with E-state index in [1.54, 1.807) is 45.0 Å². The highest BCUT2D eigenvalue weighted by Gasteiger charge is 2.32. The molecular formula is C21H31NO6. The lowest BCUT2D eigenvalue weighted by Crippen LogP contribution is -2.48. The number of carbonyl (C=O) groups is 3. The minimum Gasteiger partial charge on any atom is -0.497 e. The first-order valence-corrected chi connectivity index (χ1v) is 9.32. The Kier molecular flexibility index (Phi) is 8.47. The summed E-state index contributed by atoms with van der Waals surface area (Å²) in [6, 6.07) is 5.93. The van der Waals surface area contributed by atoms with Gasteiger partial charge < -0.3 is 19.9 Å². The SMILES string of the molecule is COc1ccc(CC(C(=O)O)C(=O)N[C@@H](CC(C)C)C(=O)OC(C)(C)C)cc1. The molecule has 0 aliphatic rings. The van der Waals surface area contributed by atoms with Crippen molar-refractivity contribution in [1.82, 2.24) is 5.32 Å². The summed E-state index contributed by atoms with van der Waals surface area (Å²) in [5.41, 5.74) is -0.0205. The lowest BCUT2D eigenvalue weighted by Gasteiger charge is -2.26. The highest BCUT2D eigenvalue weighted by Crippen LogP contribution is 2.17. The zero-order valence-corrected chi connectivity index (χ0v) is 17.4. The summed E-state index contributed by atoms with van der Waals surface area (Å²) in [6.07, 6.45) is 0.364. The van der Waals surface area contributed by atoms with Crippen LogP contribution in [0.1, 0.15) is 46.6 Å². The predicted octanol–water partition coefficient (Wildman–Crippen LogP) is 2.81. The van der Waals surface area contributed by atoms with Crippen LogP contribution in [-0.4, -0.2) is 41.7 Å². The third kappa shape index (κ3) is 7.98. The molecule has 1 amide bonds. The van der Waals surface area contributed by atoms with Crippen LogP contribution in [-0.2, 0) is 25.5 Å². The van der Waals surface area contributed by atoms with Crippen molar-refractivity contribution >= 4 is 17.8 Å². The van der Waals surface area contributed by atoms with Crippen molar-refractivity contribution in [3.63, 3.8) is 0 Å². The number of methoxy groups -OCH3 is 1. The van der Waals surface area contributed by atoms with Crippen LogP contribution in [0.4, 0.5) is 0 Å². The van der Waals surface area contributed by atoms with E-state index >= 15 is 0 Å². The largest absolute Gasteiger partial charge is 0.497 e. The maximum atomic E-state index is 12.6. The number of ether oxygens (including phenoxy) is 2. The minimum atomic E-state index is -1.31. The molecule has 0 saturated carbocycles. The number of carboxylic acids is 1. The topological polar surface area (TPSA) is 102 Å². The van der Waals surface area contributed by atoms with E-state index in [1.165, 1.54) is 7.11 Å². The molecule has 7 heteroatoms. The molecule has 1 unspecified atom stereocenters. The Morgan fingerprint density at radius 3 is 2.11 bits per heavy atom. The maximum Gasteiger partial charge on any atom is 0.329 e. The third-order valence-corrected chi connectivity index (χ3v) is 3.93. The van der Waals surface area contributed by atoms with Gasteiger partial charge in [-0.3, -0.25) is 9.59 Å². The molecule has 1 rings (SSSR count). The molecule has 28 heavy (non-hydrogen) atoms. The fourth-order valence-corrected chi connectivity index (χ4v) is 2.62. The second kappa shape index (κ2) is 10.1. The fourth-order valence-electron chi connectivity index (χ4n) is 2.62. The smallest absolute Gasteiger partial charge is 0.329 e. The van der Waals surface area contributed by atoms with Crippen molar-refractivity contribution in [3.05, 3.63) is 29.8 Å². The van der Waals surface area contributed by atoms with Gasteiger partial charge in [-0.25, -0.2) is 4.79 Å². The number of carboxylic acid groups (broad SMARTS) is 1. The second-order valence-corrected chi connectivity index (χ2v) is 8.17. The first kappa shape index (κ1) is 23.5. The van der Waals surface area contributed by atoms with E-state index in [-0.39, 0.29) is 12.3 Å². The van der Waals surface area contributed by atoms with Crippen molar-refractivity contribution in [2.75, 3.05) is 7.11 Å². The van der Waals surface area contributed by atoms with Crippen molar-refractivity contribution in [2.24, 2.45) is 11.8 Å². The first-order chi connectivity index (χ1) is 12.9. The Bertz CT molecular complexity index is 675. The Morgan fingerprint density at radius 1 is 1.11 bits per heavy atom. The van der Waals surface area contributed by atoms with Gasteiger partial charge in [0.25, 0.3) is 0 Å². The number of nitrogens with one attached hydrogen (secondary N) is 1. The molecule has 0 heterocycles. The zero-order chi connectivity index (χ0) is 21.5. The van der Waals surface area contributed by atoms with Crippen LogP contribution in [0.15, 0.2) is 24.3 Å². The summed E-state index contributed by atoms with van der Waals surface area (Å²) in [5, 5.41) is 12.1. The highest BCUT2D eigenvalue weighted by atomic mass is 16.6. The van der Waals surface area contributed by atoms with Crippen LogP contribution in [0.5, 0.6) is 5.75 Å². The van der Waals surface area contributed by atoms with Crippen molar-refractivity contribution in [1.29, 1.82) is 0 Å². The summed E-state index contributed by atoms with van der Waals surface area (Å²) >= 11 is 0. The molecule has 0 aliphatic carbocycles. The van der Waals surface area contributed by atoms with Gasteiger partial charge in [0.05, 0.1) is 7.11 Å². The van der Waals surface area contributed by atoms with Crippen LogP contribution in [0.25, 0.3) is 0 Å². The van der Waals surface area contributed by atoms with Gasteiger partial charge in [-0.2, -0.15) is 0 Å². The van der Waals surface area contributed by atoms with Gasteiger partial charge in [0, 0.05) is 0 Å². The molecule has 0 radical (unpaired) electrons. The molecular weight excluding hydrogens is 362 g/mol. The number of esters is 1. The van der Waals surface area contributed by atoms with Gasteiger partial charge in [0.15, 0.2) is 0 Å². The van der Waals surface area contributed by atoms with Crippen molar-refractivity contribution in [3.8, 4) is 5.75 Å². The summed E-state index contributed by atoms with van der Waals surface area (Å²) < 4.78 is 10.4. The molecule has 156 valence electrons. The molecule has 7 nitrogen and oxygen atoms in total. The van der Waals surface area contributed by atoms with Gasteiger partial charge in [0.2, 0.25) is 5.91 Å². The molecule has 0 aromatic heterocycles. The molecule has 2 N–H and O–H groups in total. The Balaban J connectivity index is 2.92.